The van der Waals surface area contributed by atoms with Crippen LogP contribution in [0.4, 0.5) is 11.4 Å². The van der Waals surface area contributed by atoms with Gasteiger partial charge in [-0.25, -0.2) is 9.69 Å². The first-order valence-corrected chi connectivity index (χ1v) is 12.5. The molecule has 0 saturated carbocycles. The van der Waals surface area contributed by atoms with Crippen LogP contribution in [0.25, 0.3) is 0 Å². The summed E-state index contributed by atoms with van der Waals surface area (Å²) in [5.74, 6) is -2.01. The van der Waals surface area contributed by atoms with Crippen molar-refractivity contribution in [2.24, 2.45) is 0 Å². The fourth-order valence-corrected chi connectivity index (χ4v) is 4.74. The molecule has 192 valence electrons. The molecule has 0 unspecified atom stereocenters. The first kappa shape index (κ1) is 25.2. The van der Waals surface area contributed by atoms with Crippen molar-refractivity contribution in [2.45, 2.75) is 19.9 Å². The third kappa shape index (κ3) is 4.78. The van der Waals surface area contributed by atoms with Crippen LogP contribution < -0.4 is 10.2 Å². The van der Waals surface area contributed by atoms with Gasteiger partial charge in [-0.15, -0.1) is 0 Å². The van der Waals surface area contributed by atoms with E-state index in [0.29, 0.717) is 24.3 Å². The summed E-state index contributed by atoms with van der Waals surface area (Å²) in [4.78, 5) is 53.9. The zero-order valence-corrected chi connectivity index (χ0v) is 21.3. The zero-order chi connectivity index (χ0) is 26.8. The second kappa shape index (κ2) is 10.5. The number of halogens is 1. The van der Waals surface area contributed by atoms with Crippen molar-refractivity contribution < 1.29 is 23.9 Å². The number of fused-ring (bicyclic) bond motifs is 1. The summed E-state index contributed by atoms with van der Waals surface area (Å²) in [6.45, 7) is 3.08. The van der Waals surface area contributed by atoms with Crippen molar-refractivity contribution in [2.75, 3.05) is 23.4 Å². The number of anilines is 2. The van der Waals surface area contributed by atoms with Gasteiger partial charge in [0.2, 0.25) is 0 Å². The minimum absolute atomic E-state index is 0.0805. The molecule has 9 heteroatoms. The van der Waals surface area contributed by atoms with Crippen molar-refractivity contribution in [3.63, 3.8) is 0 Å². The molecule has 3 amide bonds. The smallest absolute Gasteiger partial charge is 0.338 e. The highest BCUT2D eigenvalue weighted by molar-refractivity contribution is 6.53. The Bertz CT molecular complexity index is 1480. The molecular weight excluding hydrogens is 506 g/mol. The lowest BCUT2D eigenvalue weighted by Crippen LogP contribution is -2.35. The molecule has 0 spiro atoms. The number of imide groups is 1. The Hall–Kier alpha value is -4.43. The topological polar surface area (TPSA) is 96.0 Å². The average molecular weight is 530 g/mol. The number of amides is 3. The molecule has 2 aliphatic heterocycles. The molecule has 0 fully saturated rings. The van der Waals surface area contributed by atoms with Gasteiger partial charge in [-0.3, -0.25) is 14.4 Å². The lowest BCUT2D eigenvalue weighted by Gasteiger charge is -2.29. The third-order valence-corrected chi connectivity index (χ3v) is 6.81. The Morgan fingerprint density at radius 1 is 0.921 bits per heavy atom. The highest BCUT2D eigenvalue weighted by Gasteiger charge is 2.39. The summed E-state index contributed by atoms with van der Waals surface area (Å²) in [7, 11) is 0. The lowest BCUT2D eigenvalue weighted by atomic mass is 9.99. The average Bonchev–Trinajstić information content (AvgIpc) is 3.15. The van der Waals surface area contributed by atoms with Gasteiger partial charge in [0.05, 0.1) is 17.9 Å². The van der Waals surface area contributed by atoms with Crippen LogP contribution in [0, 0.1) is 0 Å². The van der Waals surface area contributed by atoms with E-state index in [2.05, 4.69) is 11.4 Å². The molecule has 0 aromatic heterocycles. The lowest BCUT2D eigenvalue weighted by molar-refractivity contribution is -0.120. The summed E-state index contributed by atoms with van der Waals surface area (Å²) in [5.41, 5.74) is 3.73. The molecule has 0 aliphatic carbocycles. The number of nitrogens with one attached hydrogen (secondary N) is 1. The Balaban J connectivity index is 1.29. The van der Waals surface area contributed by atoms with Gasteiger partial charge in [-0.05, 0) is 66.9 Å². The van der Waals surface area contributed by atoms with E-state index < -0.39 is 17.8 Å². The minimum Gasteiger partial charge on any atom is -0.462 e. The third-order valence-electron chi connectivity index (χ3n) is 6.46. The van der Waals surface area contributed by atoms with Crippen LogP contribution in [0.15, 0.2) is 83.5 Å². The van der Waals surface area contributed by atoms with Gasteiger partial charge in [-0.2, -0.15) is 0 Å². The van der Waals surface area contributed by atoms with Crippen LogP contribution in [0.2, 0.25) is 0 Å². The fourth-order valence-electron chi connectivity index (χ4n) is 4.52. The van der Waals surface area contributed by atoms with Crippen LogP contribution >= 0.6 is 11.6 Å². The van der Waals surface area contributed by atoms with E-state index in [-0.39, 0.29) is 34.5 Å². The Kier molecular flexibility index (Phi) is 6.98. The Labute approximate surface area is 224 Å². The van der Waals surface area contributed by atoms with E-state index in [1.807, 2.05) is 23.1 Å². The molecule has 0 radical (unpaired) electrons. The molecule has 3 aromatic rings. The van der Waals surface area contributed by atoms with E-state index in [4.69, 9.17) is 16.3 Å². The van der Waals surface area contributed by atoms with E-state index in [1.54, 1.807) is 37.3 Å². The van der Waals surface area contributed by atoms with Crippen molar-refractivity contribution in [1.29, 1.82) is 0 Å². The number of nitrogens with zero attached hydrogens (tertiary/aromatic N) is 2. The number of carbonyl (C=O) groups excluding carboxylic acids is 4. The monoisotopic (exact) mass is 529 g/mol. The highest BCUT2D eigenvalue weighted by atomic mass is 35.5. The van der Waals surface area contributed by atoms with E-state index in [0.717, 1.165) is 16.9 Å². The number of carbonyl (C=O) groups is 4. The van der Waals surface area contributed by atoms with Gasteiger partial charge in [-0.1, -0.05) is 41.9 Å². The van der Waals surface area contributed by atoms with Crippen molar-refractivity contribution in [3.05, 3.63) is 106 Å². The van der Waals surface area contributed by atoms with Crippen molar-refractivity contribution in [1.82, 2.24) is 4.90 Å². The first-order valence-electron chi connectivity index (χ1n) is 12.2. The molecule has 2 aliphatic rings. The van der Waals surface area contributed by atoms with Gasteiger partial charge in [0.1, 0.15) is 10.7 Å². The summed E-state index contributed by atoms with van der Waals surface area (Å²) in [6, 6.07) is 20.8. The number of benzene rings is 3. The van der Waals surface area contributed by atoms with E-state index in [9.17, 15) is 19.2 Å². The molecule has 2 heterocycles. The number of esters is 1. The van der Waals surface area contributed by atoms with Gasteiger partial charge in [0.15, 0.2) is 0 Å². The van der Waals surface area contributed by atoms with Crippen LogP contribution in [0.3, 0.4) is 0 Å². The maximum absolute atomic E-state index is 13.1. The second-order valence-corrected chi connectivity index (χ2v) is 9.23. The molecular formula is C29H24ClN3O5. The zero-order valence-electron chi connectivity index (χ0n) is 20.6. The van der Waals surface area contributed by atoms with Crippen molar-refractivity contribution >= 4 is 46.7 Å². The maximum atomic E-state index is 13.1. The first-order chi connectivity index (χ1) is 18.4. The molecule has 5 rings (SSSR count). The fraction of sp³-hybridized carbons (Fsp3) is 0.172. The predicted octanol–water partition coefficient (Wildman–Crippen LogP) is 4.50. The molecule has 1 N–H and O–H groups in total. The number of hydrogen-bond acceptors (Lipinski definition) is 6. The van der Waals surface area contributed by atoms with Gasteiger partial charge >= 0.3 is 5.97 Å². The van der Waals surface area contributed by atoms with E-state index in [1.165, 1.54) is 23.8 Å². The van der Waals surface area contributed by atoms with Crippen LogP contribution in [-0.2, 0) is 27.3 Å². The van der Waals surface area contributed by atoms with Crippen LogP contribution in [-0.4, -0.2) is 41.7 Å². The van der Waals surface area contributed by atoms with Gasteiger partial charge in [0.25, 0.3) is 17.7 Å². The minimum atomic E-state index is -0.711. The van der Waals surface area contributed by atoms with Crippen LogP contribution in [0.1, 0.15) is 38.8 Å². The quantitative estimate of drug-likeness (QED) is 0.373. The van der Waals surface area contributed by atoms with E-state index >= 15 is 0 Å². The molecule has 0 atom stereocenters. The Morgan fingerprint density at radius 2 is 1.66 bits per heavy atom. The maximum Gasteiger partial charge on any atom is 0.338 e. The number of rotatable bonds is 6. The molecule has 8 nitrogen and oxygen atoms in total. The molecule has 0 bridgehead atoms. The molecule has 3 aromatic carbocycles. The van der Waals surface area contributed by atoms with Gasteiger partial charge in [0, 0.05) is 24.3 Å². The predicted molar refractivity (Wildman–Crippen MR) is 143 cm³/mol. The number of hydrogen-bond donors (Lipinski definition) is 1. The van der Waals surface area contributed by atoms with Gasteiger partial charge < -0.3 is 15.0 Å². The summed E-state index contributed by atoms with van der Waals surface area (Å²) in [6.07, 6.45) is 0.809. The van der Waals surface area contributed by atoms with Crippen LogP contribution in [0.5, 0.6) is 0 Å². The Morgan fingerprint density at radius 3 is 2.39 bits per heavy atom. The molecule has 38 heavy (non-hydrogen) atoms. The SMILES string of the molecule is CCOC(=O)c1cccc(N2C(=O)C(Cl)=C(Nc3ccc(C(=O)N4CCc5ccccc5C4)cc3)C2=O)c1. The summed E-state index contributed by atoms with van der Waals surface area (Å²) < 4.78 is 5.00. The summed E-state index contributed by atoms with van der Waals surface area (Å²) >= 11 is 6.25. The standard InChI is InChI=1S/C29H24ClN3O5/c1-2-38-29(37)20-8-5-9-23(16-20)33-27(35)24(30)25(28(33)36)31-22-12-10-19(11-13-22)26(34)32-15-14-18-6-3-4-7-21(18)17-32/h3-13,16,31H,2,14-15,17H2,1H3. The summed E-state index contributed by atoms with van der Waals surface area (Å²) in [5, 5.41) is 2.63. The number of ether oxygens (including phenoxy) is 1. The van der Waals surface area contributed by atoms with Crippen molar-refractivity contribution in [3.8, 4) is 0 Å². The highest BCUT2D eigenvalue weighted by Crippen LogP contribution is 2.31. The second-order valence-electron chi connectivity index (χ2n) is 8.85. The normalized spacial score (nSPS) is 15.0. The molecule has 0 saturated heterocycles. The largest absolute Gasteiger partial charge is 0.462 e.